The molecule has 0 fully saturated rings. The predicted octanol–water partition coefficient (Wildman–Crippen LogP) is 0.993. The molecule has 0 aliphatic carbocycles. The number of rotatable bonds is 3. The lowest BCUT2D eigenvalue weighted by Crippen LogP contribution is -2.48. The third kappa shape index (κ3) is 2.72. The smallest absolute Gasteiger partial charge is 0.262 e. The zero-order valence-corrected chi connectivity index (χ0v) is 15.9. The number of carbonyl (C=O) groups excluding carboxylic acids is 1. The van der Waals surface area contributed by atoms with Crippen molar-refractivity contribution in [2.45, 2.75) is 25.6 Å². The highest BCUT2D eigenvalue weighted by Crippen LogP contribution is 2.25. The highest BCUT2D eigenvalue weighted by Gasteiger charge is 2.31. The molecular formula is C21H20N6O2. The van der Waals surface area contributed by atoms with Crippen LogP contribution >= 0.6 is 0 Å². The van der Waals surface area contributed by atoms with Crippen molar-refractivity contribution in [1.82, 2.24) is 24.1 Å². The molecule has 0 radical (unpaired) electrons. The Morgan fingerprint density at radius 3 is 2.62 bits per heavy atom. The van der Waals surface area contributed by atoms with Crippen LogP contribution in [0.3, 0.4) is 0 Å². The van der Waals surface area contributed by atoms with Crippen molar-refractivity contribution >= 4 is 22.6 Å². The summed E-state index contributed by atoms with van der Waals surface area (Å²) in [5, 5.41) is 9.19. The summed E-state index contributed by atoms with van der Waals surface area (Å²) in [5.74, 6) is 0.778. The van der Waals surface area contributed by atoms with E-state index in [2.05, 4.69) is 16.3 Å². The number of benzene rings is 2. The Labute approximate surface area is 166 Å². The molecule has 146 valence electrons. The number of carbonyl (C=O) groups is 1. The number of nitrogens with zero attached hydrogens (tertiary/aromatic N) is 5. The van der Waals surface area contributed by atoms with Crippen LogP contribution in [0, 0.1) is 0 Å². The van der Waals surface area contributed by atoms with Gasteiger partial charge >= 0.3 is 0 Å². The van der Waals surface area contributed by atoms with Gasteiger partial charge in [-0.05, 0) is 29.7 Å². The van der Waals surface area contributed by atoms with E-state index in [9.17, 15) is 9.59 Å². The summed E-state index contributed by atoms with van der Waals surface area (Å²) in [6.07, 6.45) is 0.571. The van der Waals surface area contributed by atoms with E-state index in [1.54, 1.807) is 13.1 Å². The fourth-order valence-corrected chi connectivity index (χ4v) is 4.20. The Kier molecular flexibility index (Phi) is 3.95. The molecular weight excluding hydrogens is 368 g/mol. The molecule has 0 saturated carbocycles. The molecule has 2 aromatic carbocycles. The van der Waals surface area contributed by atoms with E-state index in [4.69, 9.17) is 5.73 Å². The molecule has 0 saturated heterocycles. The van der Waals surface area contributed by atoms with Crippen molar-refractivity contribution in [3.63, 3.8) is 0 Å². The van der Waals surface area contributed by atoms with Gasteiger partial charge in [-0.2, -0.15) is 0 Å². The van der Waals surface area contributed by atoms with Crippen LogP contribution in [0.5, 0.6) is 0 Å². The lowest BCUT2D eigenvalue weighted by atomic mass is 9.93. The average Bonchev–Trinajstić information content (AvgIpc) is 3.15. The fourth-order valence-electron chi connectivity index (χ4n) is 4.20. The highest BCUT2D eigenvalue weighted by atomic mass is 16.1. The zero-order valence-electron chi connectivity index (χ0n) is 15.9. The van der Waals surface area contributed by atoms with E-state index in [1.165, 1.54) is 10.1 Å². The maximum atomic E-state index is 12.6. The van der Waals surface area contributed by atoms with E-state index in [1.807, 2.05) is 45.7 Å². The van der Waals surface area contributed by atoms with E-state index in [0.717, 1.165) is 11.1 Å². The molecule has 1 atom stereocenters. The van der Waals surface area contributed by atoms with Crippen LogP contribution in [0.25, 0.3) is 16.7 Å². The van der Waals surface area contributed by atoms with Crippen LogP contribution < -0.4 is 11.3 Å². The second-order valence-corrected chi connectivity index (χ2v) is 7.43. The molecule has 5 rings (SSSR count). The van der Waals surface area contributed by atoms with Crippen LogP contribution in [0.1, 0.15) is 17.0 Å². The molecule has 8 heteroatoms. The maximum absolute atomic E-state index is 12.6. The van der Waals surface area contributed by atoms with E-state index in [0.29, 0.717) is 36.5 Å². The lowest BCUT2D eigenvalue weighted by Gasteiger charge is -2.34. The topological polar surface area (TPSA) is 98.5 Å². The largest absolute Gasteiger partial charge is 0.368 e. The maximum Gasteiger partial charge on any atom is 0.262 e. The van der Waals surface area contributed by atoms with Gasteiger partial charge in [0.15, 0.2) is 5.82 Å². The standard InChI is InChI=1S/C21H20N6O2/c1-25-20(29)15-8-4-5-9-16(15)27-18(23-24-21(25)27)12-26-11-14-7-3-2-6-13(14)10-17(26)19(22)28/h2-9,17H,10-12H2,1H3,(H2,22,28). The molecule has 1 amide bonds. The number of para-hydroxylation sites is 1. The van der Waals surface area contributed by atoms with Crippen LogP contribution in [0.4, 0.5) is 0 Å². The van der Waals surface area contributed by atoms with Crippen molar-refractivity contribution in [2.75, 3.05) is 0 Å². The Morgan fingerprint density at radius 2 is 1.83 bits per heavy atom. The monoisotopic (exact) mass is 388 g/mol. The zero-order chi connectivity index (χ0) is 20.1. The first-order valence-corrected chi connectivity index (χ1v) is 9.46. The number of fused-ring (bicyclic) bond motifs is 4. The molecule has 0 spiro atoms. The van der Waals surface area contributed by atoms with Crippen molar-refractivity contribution in [2.24, 2.45) is 12.8 Å². The summed E-state index contributed by atoms with van der Waals surface area (Å²) < 4.78 is 3.38. The molecule has 1 aliphatic heterocycles. The first-order valence-electron chi connectivity index (χ1n) is 9.46. The minimum atomic E-state index is -0.420. The third-order valence-corrected chi connectivity index (χ3v) is 5.71. The van der Waals surface area contributed by atoms with Crippen LogP contribution in [-0.2, 0) is 31.4 Å². The molecule has 1 aliphatic rings. The van der Waals surface area contributed by atoms with E-state index in [-0.39, 0.29) is 11.5 Å². The fraction of sp³-hybridized carbons (Fsp3) is 0.238. The summed E-state index contributed by atoms with van der Waals surface area (Å²) in [5.41, 5.74) is 8.68. The molecule has 1 unspecified atom stereocenters. The molecule has 2 N–H and O–H groups in total. The molecule has 2 aromatic heterocycles. The van der Waals surface area contributed by atoms with Crippen molar-refractivity contribution < 1.29 is 4.79 Å². The summed E-state index contributed by atoms with van der Waals surface area (Å²) in [7, 11) is 1.69. The van der Waals surface area contributed by atoms with Crippen molar-refractivity contribution in [3.8, 4) is 0 Å². The highest BCUT2D eigenvalue weighted by molar-refractivity contribution is 5.81. The molecule has 3 heterocycles. The Balaban J connectivity index is 1.63. The van der Waals surface area contributed by atoms with Gasteiger partial charge in [0.05, 0.1) is 23.5 Å². The molecule has 0 bridgehead atoms. The molecule has 8 nitrogen and oxygen atoms in total. The van der Waals surface area contributed by atoms with Gasteiger partial charge in [0, 0.05) is 13.6 Å². The van der Waals surface area contributed by atoms with Gasteiger partial charge in [0.2, 0.25) is 11.7 Å². The SMILES string of the molecule is Cn1c(=O)c2ccccc2n2c(CN3Cc4ccccc4CC3C(N)=O)nnc12. The second kappa shape index (κ2) is 6.52. The second-order valence-electron chi connectivity index (χ2n) is 7.43. The van der Waals surface area contributed by atoms with Crippen molar-refractivity contribution in [3.05, 3.63) is 75.8 Å². The van der Waals surface area contributed by atoms with E-state index < -0.39 is 6.04 Å². The predicted molar refractivity (Wildman–Crippen MR) is 108 cm³/mol. The number of primary amides is 1. The average molecular weight is 388 g/mol. The van der Waals surface area contributed by atoms with Gasteiger partial charge in [0.1, 0.15) is 0 Å². The number of nitrogens with two attached hydrogens (primary N) is 1. The summed E-state index contributed by atoms with van der Waals surface area (Å²) in [4.78, 5) is 26.8. The minimum Gasteiger partial charge on any atom is -0.368 e. The van der Waals surface area contributed by atoms with Gasteiger partial charge in [-0.3, -0.25) is 23.5 Å². The third-order valence-electron chi connectivity index (χ3n) is 5.71. The first kappa shape index (κ1) is 17.6. The summed E-state index contributed by atoms with van der Waals surface area (Å²) in [6.45, 7) is 0.994. The Hall–Kier alpha value is -3.52. The molecule has 29 heavy (non-hydrogen) atoms. The Morgan fingerprint density at radius 1 is 1.10 bits per heavy atom. The van der Waals surface area contributed by atoms with Crippen molar-refractivity contribution in [1.29, 1.82) is 0 Å². The number of hydrogen-bond donors (Lipinski definition) is 1. The minimum absolute atomic E-state index is 0.117. The molecule has 4 aromatic rings. The number of aromatic nitrogens is 4. The summed E-state index contributed by atoms with van der Waals surface area (Å²) >= 11 is 0. The Bertz CT molecular complexity index is 1320. The van der Waals surface area contributed by atoms with Crippen LogP contribution in [0.2, 0.25) is 0 Å². The van der Waals surface area contributed by atoms with Gasteiger partial charge in [0.25, 0.3) is 5.56 Å². The lowest BCUT2D eigenvalue weighted by molar-refractivity contribution is -0.124. The number of amides is 1. The quantitative estimate of drug-likeness (QED) is 0.564. The van der Waals surface area contributed by atoms with Gasteiger partial charge in [-0.1, -0.05) is 36.4 Å². The van der Waals surface area contributed by atoms with Gasteiger partial charge < -0.3 is 5.73 Å². The number of hydrogen-bond acceptors (Lipinski definition) is 5. The normalized spacial score (nSPS) is 16.9. The van der Waals surface area contributed by atoms with Gasteiger partial charge in [-0.15, -0.1) is 10.2 Å². The van der Waals surface area contributed by atoms with Crippen LogP contribution in [-0.4, -0.2) is 36.0 Å². The first-order chi connectivity index (χ1) is 14.0. The van der Waals surface area contributed by atoms with Gasteiger partial charge in [-0.25, -0.2) is 0 Å². The van der Waals surface area contributed by atoms with E-state index >= 15 is 0 Å². The van der Waals surface area contributed by atoms with Crippen LogP contribution in [0.15, 0.2) is 53.3 Å². The number of aryl methyl sites for hydroxylation is 1. The summed E-state index contributed by atoms with van der Waals surface area (Å²) in [6, 6.07) is 15.1.